The smallest absolute Gasteiger partial charge is 0.433 e. The fourth-order valence-electron chi connectivity index (χ4n) is 0.947. The van der Waals surface area contributed by atoms with Crippen molar-refractivity contribution in [3.05, 3.63) is 17.5 Å². The molecule has 1 heterocycles. The van der Waals surface area contributed by atoms with Crippen molar-refractivity contribution in [3.8, 4) is 0 Å². The molecule has 0 aliphatic carbocycles. The largest absolute Gasteiger partial charge is 0.480 e. The number of carbonyl (C=O) groups is 1. The summed E-state index contributed by atoms with van der Waals surface area (Å²) in [5.74, 6) is -1.56. The molecular formula is C8H8F3N3O2. The second-order valence-electron chi connectivity index (χ2n) is 2.96. The Morgan fingerprint density at radius 1 is 1.50 bits per heavy atom. The van der Waals surface area contributed by atoms with Crippen LogP contribution in [0.5, 0.6) is 0 Å². The van der Waals surface area contributed by atoms with Crippen LogP contribution in [-0.4, -0.2) is 27.6 Å². The zero-order valence-corrected chi connectivity index (χ0v) is 8.17. The maximum atomic E-state index is 12.3. The lowest BCUT2D eigenvalue weighted by atomic mass is 10.3. The normalized spacial score (nSPS) is 11.2. The highest BCUT2D eigenvalue weighted by Crippen LogP contribution is 2.28. The summed E-state index contributed by atoms with van der Waals surface area (Å²) in [6.45, 7) is 0.823. The molecule has 0 bridgehead atoms. The summed E-state index contributed by atoms with van der Waals surface area (Å²) in [6.07, 6.45) is -4.58. The number of aromatic nitrogens is 2. The van der Waals surface area contributed by atoms with Gasteiger partial charge in [0.05, 0.1) is 0 Å². The van der Waals surface area contributed by atoms with Gasteiger partial charge in [-0.15, -0.1) is 0 Å². The van der Waals surface area contributed by atoms with Crippen molar-refractivity contribution < 1.29 is 23.1 Å². The monoisotopic (exact) mass is 235 g/mol. The van der Waals surface area contributed by atoms with Crippen molar-refractivity contribution in [3.63, 3.8) is 0 Å². The number of alkyl halides is 3. The SMILES string of the molecule is Cc1cc(C(F)(F)F)nc(NCC(=O)O)n1. The number of halogens is 3. The average molecular weight is 235 g/mol. The standard InChI is InChI=1S/C8H8F3N3O2/c1-4-2-5(8(9,10)11)14-7(13-4)12-3-6(15)16/h2H,3H2,1H3,(H,15,16)(H,12,13,14). The molecular weight excluding hydrogens is 227 g/mol. The fourth-order valence-corrected chi connectivity index (χ4v) is 0.947. The van der Waals surface area contributed by atoms with Gasteiger partial charge in [-0.05, 0) is 13.0 Å². The van der Waals surface area contributed by atoms with Gasteiger partial charge in [-0.25, -0.2) is 9.97 Å². The highest BCUT2D eigenvalue weighted by molar-refractivity contribution is 5.71. The highest BCUT2D eigenvalue weighted by atomic mass is 19.4. The zero-order valence-electron chi connectivity index (χ0n) is 8.17. The number of carboxylic acid groups (broad SMARTS) is 1. The number of nitrogens with zero attached hydrogens (tertiary/aromatic N) is 2. The lowest BCUT2D eigenvalue weighted by Crippen LogP contribution is -2.17. The number of aliphatic carboxylic acids is 1. The second-order valence-corrected chi connectivity index (χ2v) is 2.96. The minimum absolute atomic E-state index is 0.107. The topological polar surface area (TPSA) is 75.1 Å². The maximum absolute atomic E-state index is 12.3. The van der Waals surface area contributed by atoms with Crippen LogP contribution in [0.2, 0.25) is 0 Å². The Kier molecular flexibility index (Phi) is 3.31. The molecule has 0 unspecified atom stereocenters. The molecule has 1 aromatic heterocycles. The van der Waals surface area contributed by atoms with Crippen molar-refractivity contribution in [2.45, 2.75) is 13.1 Å². The predicted molar refractivity (Wildman–Crippen MR) is 47.9 cm³/mol. The third-order valence-electron chi connectivity index (χ3n) is 1.54. The Balaban J connectivity index is 2.94. The van der Waals surface area contributed by atoms with E-state index in [4.69, 9.17) is 5.11 Å². The first kappa shape index (κ1) is 12.2. The number of nitrogens with one attached hydrogen (secondary N) is 1. The van der Waals surface area contributed by atoms with Gasteiger partial charge in [0.25, 0.3) is 0 Å². The molecule has 88 valence electrons. The summed E-state index contributed by atoms with van der Waals surface area (Å²) in [4.78, 5) is 17.0. The Labute approximate surface area is 88.3 Å². The van der Waals surface area contributed by atoms with Gasteiger partial charge < -0.3 is 10.4 Å². The Morgan fingerprint density at radius 2 is 2.12 bits per heavy atom. The number of rotatable bonds is 3. The van der Waals surface area contributed by atoms with Crippen LogP contribution in [0.4, 0.5) is 19.1 Å². The molecule has 0 radical (unpaired) electrons. The van der Waals surface area contributed by atoms with Crippen molar-refractivity contribution in [1.82, 2.24) is 9.97 Å². The molecule has 1 rings (SSSR count). The number of aryl methyl sites for hydroxylation is 1. The van der Waals surface area contributed by atoms with Gasteiger partial charge in [0.2, 0.25) is 5.95 Å². The molecule has 0 amide bonds. The van der Waals surface area contributed by atoms with Crippen LogP contribution >= 0.6 is 0 Å². The lowest BCUT2D eigenvalue weighted by molar-refractivity contribution is -0.141. The van der Waals surface area contributed by atoms with E-state index in [-0.39, 0.29) is 11.6 Å². The summed E-state index contributed by atoms with van der Waals surface area (Å²) in [5.41, 5.74) is -0.997. The second kappa shape index (κ2) is 4.33. The van der Waals surface area contributed by atoms with Gasteiger partial charge in [0.1, 0.15) is 12.2 Å². The van der Waals surface area contributed by atoms with E-state index in [0.29, 0.717) is 0 Å². The number of carboxylic acids is 1. The third kappa shape index (κ3) is 3.37. The van der Waals surface area contributed by atoms with Crippen LogP contribution in [0, 0.1) is 6.92 Å². The summed E-state index contributed by atoms with van der Waals surface area (Å²) in [5, 5.41) is 10.5. The molecule has 0 fully saturated rings. The fraction of sp³-hybridized carbons (Fsp3) is 0.375. The van der Waals surface area contributed by atoms with Gasteiger partial charge in [0.15, 0.2) is 0 Å². The van der Waals surface area contributed by atoms with Gasteiger partial charge in [0, 0.05) is 5.69 Å². The first-order chi connectivity index (χ1) is 7.29. The quantitative estimate of drug-likeness (QED) is 0.825. The minimum atomic E-state index is -4.58. The molecule has 0 atom stereocenters. The Bertz CT molecular complexity index is 406. The lowest BCUT2D eigenvalue weighted by Gasteiger charge is -2.08. The van der Waals surface area contributed by atoms with Crippen LogP contribution in [0.3, 0.4) is 0 Å². The molecule has 1 aromatic rings. The van der Waals surface area contributed by atoms with Gasteiger partial charge in [-0.1, -0.05) is 0 Å². The summed E-state index contributed by atoms with van der Waals surface area (Å²) in [6, 6.07) is 0.784. The first-order valence-corrected chi connectivity index (χ1v) is 4.17. The molecule has 0 aliphatic rings. The number of anilines is 1. The van der Waals surface area contributed by atoms with Crippen LogP contribution in [-0.2, 0) is 11.0 Å². The number of hydrogen-bond donors (Lipinski definition) is 2. The van der Waals surface area contributed by atoms with Crippen molar-refractivity contribution in [1.29, 1.82) is 0 Å². The molecule has 8 heteroatoms. The average Bonchev–Trinajstić information content (AvgIpc) is 2.12. The van der Waals surface area contributed by atoms with Crippen LogP contribution in [0.25, 0.3) is 0 Å². The van der Waals surface area contributed by atoms with Crippen LogP contribution < -0.4 is 5.32 Å². The van der Waals surface area contributed by atoms with Gasteiger partial charge in [-0.2, -0.15) is 13.2 Å². The van der Waals surface area contributed by atoms with Crippen LogP contribution in [0.15, 0.2) is 6.07 Å². The van der Waals surface area contributed by atoms with E-state index in [9.17, 15) is 18.0 Å². The molecule has 0 spiro atoms. The molecule has 0 aliphatic heterocycles. The molecule has 2 N–H and O–H groups in total. The predicted octanol–water partition coefficient (Wildman–Crippen LogP) is 1.30. The van der Waals surface area contributed by atoms with Crippen molar-refractivity contribution >= 4 is 11.9 Å². The molecule has 0 saturated carbocycles. The first-order valence-electron chi connectivity index (χ1n) is 4.17. The zero-order chi connectivity index (χ0) is 12.3. The molecule has 0 aromatic carbocycles. The van der Waals surface area contributed by atoms with E-state index in [1.54, 1.807) is 0 Å². The van der Waals surface area contributed by atoms with E-state index in [0.717, 1.165) is 6.07 Å². The van der Waals surface area contributed by atoms with Gasteiger partial charge in [-0.3, -0.25) is 4.79 Å². The Hall–Kier alpha value is -1.86. The minimum Gasteiger partial charge on any atom is -0.480 e. The van der Waals surface area contributed by atoms with Crippen molar-refractivity contribution in [2.24, 2.45) is 0 Å². The summed E-state index contributed by atoms with van der Waals surface area (Å²) < 4.78 is 36.9. The van der Waals surface area contributed by atoms with E-state index in [1.807, 2.05) is 0 Å². The van der Waals surface area contributed by atoms with E-state index in [1.165, 1.54) is 6.92 Å². The summed E-state index contributed by atoms with van der Waals surface area (Å²) in [7, 11) is 0. The third-order valence-corrected chi connectivity index (χ3v) is 1.54. The maximum Gasteiger partial charge on any atom is 0.433 e. The molecule has 0 saturated heterocycles. The highest BCUT2D eigenvalue weighted by Gasteiger charge is 2.33. The van der Waals surface area contributed by atoms with Crippen LogP contribution in [0.1, 0.15) is 11.4 Å². The number of hydrogen-bond acceptors (Lipinski definition) is 4. The van der Waals surface area contributed by atoms with E-state index in [2.05, 4.69) is 15.3 Å². The van der Waals surface area contributed by atoms with E-state index >= 15 is 0 Å². The van der Waals surface area contributed by atoms with Crippen molar-refractivity contribution in [2.75, 3.05) is 11.9 Å². The Morgan fingerprint density at radius 3 is 2.62 bits per heavy atom. The van der Waals surface area contributed by atoms with Gasteiger partial charge >= 0.3 is 12.1 Å². The van der Waals surface area contributed by atoms with E-state index < -0.39 is 24.4 Å². The summed E-state index contributed by atoms with van der Waals surface area (Å²) >= 11 is 0. The molecule has 16 heavy (non-hydrogen) atoms. The molecule has 5 nitrogen and oxygen atoms in total.